The molecule has 2 aromatic heterocycles. The number of nitrogens with zero attached hydrogens (tertiary/aromatic N) is 3. The normalized spacial score (nSPS) is 14.4. The Hall–Kier alpha value is -3.36. The van der Waals surface area contributed by atoms with Crippen molar-refractivity contribution in [3.63, 3.8) is 0 Å². The second-order valence-electron chi connectivity index (χ2n) is 9.64. The van der Waals surface area contributed by atoms with Crippen molar-refractivity contribution in [2.24, 2.45) is 5.73 Å². The standard InChI is InChI=1S/C29H33FN6S/c1-19(18-27-35-29(37-36-27)33-21-15-13-20(30)14-16-21)24(31)10-6-7-17-32-28-22-8-2-4-11-25(22)34-26-12-5-3-9-23(26)28/h2,4,8,11,13-16,18,24H,3,5-7,9-10,12,17,31H2,1H3,(H,32,34)(H,33,35,36). The van der Waals surface area contributed by atoms with Gasteiger partial charge in [0.2, 0.25) is 5.13 Å². The van der Waals surface area contributed by atoms with E-state index in [0.29, 0.717) is 11.0 Å². The quantitative estimate of drug-likeness (QED) is 0.200. The average Bonchev–Trinajstić information content (AvgIpc) is 3.35. The molecule has 0 saturated carbocycles. The summed E-state index contributed by atoms with van der Waals surface area (Å²) in [5.41, 5.74) is 13.3. The van der Waals surface area contributed by atoms with Crippen LogP contribution < -0.4 is 16.4 Å². The number of benzene rings is 2. The molecule has 0 saturated heterocycles. The maximum Gasteiger partial charge on any atom is 0.207 e. The topological polar surface area (TPSA) is 88.8 Å². The second-order valence-corrected chi connectivity index (χ2v) is 10.4. The second kappa shape index (κ2) is 11.8. The summed E-state index contributed by atoms with van der Waals surface area (Å²) in [7, 11) is 0. The van der Waals surface area contributed by atoms with Crippen molar-refractivity contribution in [2.45, 2.75) is 57.9 Å². The smallest absolute Gasteiger partial charge is 0.207 e. The van der Waals surface area contributed by atoms with Gasteiger partial charge < -0.3 is 16.4 Å². The molecule has 8 heteroatoms. The van der Waals surface area contributed by atoms with Crippen molar-refractivity contribution in [2.75, 3.05) is 17.2 Å². The van der Waals surface area contributed by atoms with Crippen LogP contribution in [0.25, 0.3) is 17.0 Å². The predicted octanol–water partition coefficient (Wildman–Crippen LogP) is 6.86. The Bertz CT molecular complexity index is 1380. The minimum absolute atomic E-state index is 0.0356. The summed E-state index contributed by atoms with van der Waals surface area (Å²) in [5, 5.41) is 8.78. The molecule has 5 rings (SSSR count). The van der Waals surface area contributed by atoms with Crippen LogP contribution in [0.3, 0.4) is 0 Å². The van der Waals surface area contributed by atoms with E-state index in [1.54, 1.807) is 12.1 Å². The van der Waals surface area contributed by atoms with Crippen molar-refractivity contribution in [1.29, 1.82) is 0 Å². The van der Waals surface area contributed by atoms with E-state index in [4.69, 9.17) is 10.7 Å². The van der Waals surface area contributed by atoms with Crippen LogP contribution in [-0.4, -0.2) is 26.9 Å². The molecule has 1 atom stereocenters. The molecule has 4 N–H and O–H groups in total. The van der Waals surface area contributed by atoms with Gasteiger partial charge in [0.05, 0.1) is 5.52 Å². The summed E-state index contributed by atoms with van der Waals surface area (Å²) in [6.45, 7) is 2.95. The molecule has 2 aromatic carbocycles. The van der Waals surface area contributed by atoms with Gasteiger partial charge in [-0.25, -0.2) is 4.39 Å². The molecule has 0 fully saturated rings. The lowest BCUT2D eigenvalue weighted by Crippen LogP contribution is -2.21. The third-order valence-electron chi connectivity index (χ3n) is 6.89. The van der Waals surface area contributed by atoms with Gasteiger partial charge in [-0.2, -0.15) is 9.36 Å². The van der Waals surface area contributed by atoms with Crippen molar-refractivity contribution < 1.29 is 4.39 Å². The van der Waals surface area contributed by atoms with E-state index >= 15 is 0 Å². The Labute approximate surface area is 221 Å². The maximum absolute atomic E-state index is 13.1. The molecular formula is C29H33FN6S. The molecule has 1 aliphatic carbocycles. The number of hydrogen-bond donors (Lipinski definition) is 3. The Kier molecular flexibility index (Phi) is 8.06. The number of fused-ring (bicyclic) bond motifs is 2. The zero-order valence-electron chi connectivity index (χ0n) is 21.1. The number of halogens is 1. The average molecular weight is 517 g/mol. The van der Waals surface area contributed by atoms with E-state index in [0.717, 1.165) is 55.4 Å². The highest BCUT2D eigenvalue weighted by molar-refractivity contribution is 7.09. The molecule has 0 amide bonds. The number of nitrogens with two attached hydrogens (primary N) is 1. The van der Waals surface area contributed by atoms with E-state index < -0.39 is 0 Å². The zero-order chi connectivity index (χ0) is 25.6. The molecule has 1 aliphatic rings. The van der Waals surface area contributed by atoms with Crippen LogP contribution in [0.2, 0.25) is 0 Å². The van der Waals surface area contributed by atoms with Gasteiger partial charge in [-0.05, 0) is 93.8 Å². The van der Waals surface area contributed by atoms with Crippen molar-refractivity contribution >= 4 is 45.0 Å². The minimum Gasteiger partial charge on any atom is -0.384 e. The third-order valence-corrected chi connectivity index (χ3v) is 7.54. The van der Waals surface area contributed by atoms with Gasteiger partial charge in [-0.15, -0.1) is 0 Å². The number of unbranched alkanes of at least 4 members (excludes halogenated alkanes) is 1. The molecule has 0 spiro atoms. The van der Waals surface area contributed by atoms with Gasteiger partial charge in [0.15, 0.2) is 5.82 Å². The van der Waals surface area contributed by atoms with Crippen LogP contribution in [0.5, 0.6) is 0 Å². The van der Waals surface area contributed by atoms with Gasteiger partial charge in [0, 0.05) is 46.6 Å². The number of nitrogens with one attached hydrogen (secondary N) is 2. The van der Waals surface area contributed by atoms with Crippen molar-refractivity contribution in [1.82, 2.24) is 14.3 Å². The predicted molar refractivity (Wildman–Crippen MR) is 152 cm³/mol. The Morgan fingerprint density at radius 3 is 2.76 bits per heavy atom. The number of pyridine rings is 1. The van der Waals surface area contributed by atoms with Crippen LogP contribution in [0.4, 0.5) is 20.9 Å². The molecular weight excluding hydrogens is 483 g/mol. The first-order chi connectivity index (χ1) is 18.1. The first kappa shape index (κ1) is 25.3. The number of rotatable bonds is 10. The van der Waals surface area contributed by atoms with E-state index in [-0.39, 0.29) is 11.9 Å². The Morgan fingerprint density at radius 1 is 1.08 bits per heavy atom. The number of aryl methyl sites for hydroxylation is 1. The zero-order valence-corrected chi connectivity index (χ0v) is 22.0. The number of para-hydroxylation sites is 1. The molecule has 6 nitrogen and oxygen atoms in total. The third kappa shape index (κ3) is 6.32. The number of aromatic nitrogens is 3. The lowest BCUT2D eigenvalue weighted by atomic mass is 9.92. The lowest BCUT2D eigenvalue weighted by molar-refractivity contribution is 0.625. The van der Waals surface area contributed by atoms with E-state index in [1.807, 2.05) is 13.0 Å². The van der Waals surface area contributed by atoms with E-state index in [2.05, 4.69) is 44.3 Å². The van der Waals surface area contributed by atoms with Crippen LogP contribution in [-0.2, 0) is 12.8 Å². The summed E-state index contributed by atoms with van der Waals surface area (Å²) >= 11 is 1.27. The van der Waals surface area contributed by atoms with Gasteiger partial charge in [-0.1, -0.05) is 23.8 Å². The highest BCUT2D eigenvalue weighted by atomic mass is 32.1. The molecule has 192 valence electrons. The summed E-state index contributed by atoms with van der Waals surface area (Å²) < 4.78 is 17.5. The van der Waals surface area contributed by atoms with Crippen LogP contribution in [0.15, 0.2) is 54.1 Å². The minimum atomic E-state index is -0.267. The largest absolute Gasteiger partial charge is 0.384 e. The lowest BCUT2D eigenvalue weighted by Gasteiger charge is -2.22. The molecule has 0 bridgehead atoms. The van der Waals surface area contributed by atoms with E-state index in [1.165, 1.54) is 58.8 Å². The van der Waals surface area contributed by atoms with Gasteiger partial charge in [0.25, 0.3) is 0 Å². The highest BCUT2D eigenvalue weighted by Crippen LogP contribution is 2.33. The fraction of sp³-hybridized carbons (Fsp3) is 0.345. The van der Waals surface area contributed by atoms with Crippen LogP contribution in [0.1, 0.15) is 56.1 Å². The van der Waals surface area contributed by atoms with Gasteiger partial charge in [-0.3, -0.25) is 4.98 Å². The van der Waals surface area contributed by atoms with Crippen molar-refractivity contribution in [3.05, 3.63) is 77.0 Å². The monoisotopic (exact) mass is 516 g/mol. The van der Waals surface area contributed by atoms with Gasteiger partial charge in [0.1, 0.15) is 5.82 Å². The highest BCUT2D eigenvalue weighted by Gasteiger charge is 2.17. The molecule has 2 heterocycles. The molecule has 4 aromatic rings. The fourth-order valence-corrected chi connectivity index (χ4v) is 5.39. The van der Waals surface area contributed by atoms with Crippen LogP contribution >= 0.6 is 11.5 Å². The number of anilines is 3. The molecule has 0 aliphatic heterocycles. The molecule has 0 radical (unpaired) electrons. The summed E-state index contributed by atoms with van der Waals surface area (Å²) in [6, 6.07) is 14.6. The molecule has 1 unspecified atom stereocenters. The SMILES string of the molecule is CC(=Cc1nsc(Nc2ccc(F)cc2)n1)C(N)CCCCNc1c2c(nc3ccccc13)CCCC2. The van der Waals surface area contributed by atoms with Crippen LogP contribution in [0, 0.1) is 5.82 Å². The summed E-state index contributed by atoms with van der Waals surface area (Å²) in [6.07, 6.45) is 9.59. The molecule has 37 heavy (non-hydrogen) atoms. The maximum atomic E-state index is 13.1. The van der Waals surface area contributed by atoms with Gasteiger partial charge >= 0.3 is 0 Å². The van der Waals surface area contributed by atoms with E-state index in [9.17, 15) is 4.39 Å². The summed E-state index contributed by atoms with van der Waals surface area (Å²) in [4.78, 5) is 9.44. The first-order valence-electron chi connectivity index (χ1n) is 13.0. The Morgan fingerprint density at radius 2 is 1.89 bits per heavy atom. The summed E-state index contributed by atoms with van der Waals surface area (Å²) in [5.74, 6) is 0.371. The fourth-order valence-electron chi connectivity index (χ4n) is 4.82. The van der Waals surface area contributed by atoms with Crippen molar-refractivity contribution in [3.8, 4) is 0 Å². The Balaban J connectivity index is 1.12. The first-order valence-corrected chi connectivity index (χ1v) is 13.8. The number of hydrogen-bond acceptors (Lipinski definition) is 7.